The molecule has 0 N–H and O–H groups in total. The third kappa shape index (κ3) is 3.40. The van der Waals surface area contributed by atoms with E-state index in [-0.39, 0.29) is 0 Å². The molecule has 1 aromatic carbocycles. The van der Waals surface area contributed by atoms with Crippen LogP contribution in [0.5, 0.6) is 0 Å². The molecule has 4 aromatic rings. The number of hydrogen-bond acceptors (Lipinski definition) is 4. The largest absolute Gasteiger partial charge is 0.467 e. The molecule has 5 nitrogen and oxygen atoms in total. The van der Waals surface area contributed by atoms with Gasteiger partial charge in [0.05, 0.1) is 12.8 Å². The first-order valence-corrected chi connectivity index (χ1v) is 8.00. The van der Waals surface area contributed by atoms with Gasteiger partial charge in [0.25, 0.3) is 0 Å². The first kappa shape index (κ1) is 15.1. The second kappa shape index (κ2) is 6.97. The normalized spacial score (nSPS) is 11.2. The third-order valence-corrected chi connectivity index (χ3v) is 3.79. The van der Waals surface area contributed by atoms with E-state index in [9.17, 15) is 0 Å². The van der Waals surface area contributed by atoms with Crippen molar-refractivity contribution in [2.45, 2.75) is 6.54 Å². The van der Waals surface area contributed by atoms with Gasteiger partial charge in [-0.25, -0.2) is 0 Å². The van der Waals surface area contributed by atoms with Crippen LogP contribution in [0, 0.1) is 0 Å². The lowest BCUT2D eigenvalue weighted by Crippen LogP contribution is -2.04. The van der Waals surface area contributed by atoms with Crippen LogP contribution >= 0.6 is 0 Å². The van der Waals surface area contributed by atoms with Gasteiger partial charge < -0.3 is 4.42 Å². The molecule has 0 saturated carbocycles. The molecule has 0 spiro atoms. The maximum atomic E-state index is 5.49. The molecule has 0 unspecified atom stereocenters. The fourth-order valence-electron chi connectivity index (χ4n) is 2.57. The number of hydrogen-bond donors (Lipinski definition) is 0. The maximum absolute atomic E-state index is 5.49. The smallest absolute Gasteiger partial charge is 0.183 e. The second-order valence-electron chi connectivity index (χ2n) is 5.51. The number of aromatic nitrogens is 4. The van der Waals surface area contributed by atoms with Gasteiger partial charge in [-0.3, -0.25) is 9.55 Å². The van der Waals surface area contributed by atoms with Gasteiger partial charge in [0, 0.05) is 6.20 Å². The van der Waals surface area contributed by atoms with E-state index in [1.165, 1.54) is 0 Å². The average Bonchev–Trinajstić information content (AvgIpc) is 3.32. The Morgan fingerprint density at radius 3 is 2.52 bits per heavy atom. The molecule has 0 aliphatic carbocycles. The molecule has 25 heavy (non-hydrogen) atoms. The minimum Gasteiger partial charge on any atom is -0.467 e. The van der Waals surface area contributed by atoms with E-state index in [1.54, 1.807) is 12.5 Å². The Hall–Kier alpha value is -3.47. The predicted octanol–water partition coefficient (Wildman–Crippen LogP) is 4.15. The predicted molar refractivity (Wildman–Crippen MR) is 96.4 cm³/mol. The van der Waals surface area contributed by atoms with Crippen LogP contribution in [-0.2, 0) is 6.54 Å². The molecule has 0 radical (unpaired) electrons. The molecule has 0 atom stereocenters. The Morgan fingerprint density at radius 2 is 1.76 bits per heavy atom. The topological polar surface area (TPSA) is 56.7 Å². The van der Waals surface area contributed by atoms with Crippen molar-refractivity contribution < 1.29 is 4.42 Å². The molecule has 122 valence electrons. The summed E-state index contributed by atoms with van der Waals surface area (Å²) < 4.78 is 7.50. The summed E-state index contributed by atoms with van der Waals surface area (Å²) in [5.74, 6) is 2.30. The summed E-state index contributed by atoms with van der Waals surface area (Å²) in [5.41, 5.74) is 1.88. The van der Waals surface area contributed by atoms with Crippen molar-refractivity contribution in [3.05, 3.63) is 90.3 Å². The van der Waals surface area contributed by atoms with E-state index in [1.807, 2.05) is 77.4 Å². The van der Waals surface area contributed by atoms with Gasteiger partial charge in [-0.15, -0.1) is 10.2 Å². The Bertz CT molecular complexity index is 958. The lowest BCUT2D eigenvalue weighted by molar-refractivity contribution is 0.493. The summed E-state index contributed by atoms with van der Waals surface area (Å²) in [6.45, 7) is 0.542. The van der Waals surface area contributed by atoms with Crippen molar-refractivity contribution in [2.24, 2.45) is 0 Å². The lowest BCUT2D eigenvalue weighted by Gasteiger charge is -2.06. The zero-order chi connectivity index (χ0) is 16.9. The van der Waals surface area contributed by atoms with Gasteiger partial charge in [-0.1, -0.05) is 42.5 Å². The Labute approximate surface area is 145 Å². The Kier molecular flexibility index (Phi) is 4.20. The molecular weight excluding hydrogens is 312 g/mol. The van der Waals surface area contributed by atoms with Gasteiger partial charge in [0.1, 0.15) is 11.5 Å². The fourth-order valence-corrected chi connectivity index (χ4v) is 2.57. The highest BCUT2D eigenvalue weighted by Gasteiger charge is 2.14. The van der Waals surface area contributed by atoms with Crippen molar-refractivity contribution in [1.29, 1.82) is 0 Å². The summed E-state index contributed by atoms with van der Waals surface area (Å²) in [6, 6.07) is 19.7. The molecule has 3 heterocycles. The van der Waals surface area contributed by atoms with Crippen LogP contribution in [0.2, 0.25) is 0 Å². The van der Waals surface area contributed by atoms with Crippen molar-refractivity contribution in [1.82, 2.24) is 19.7 Å². The number of benzene rings is 1. The van der Waals surface area contributed by atoms with Crippen LogP contribution in [0.1, 0.15) is 17.1 Å². The van der Waals surface area contributed by atoms with E-state index in [2.05, 4.69) is 15.2 Å². The third-order valence-electron chi connectivity index (χ3n) is 3.79. The Morgan fingerprint density at radius 1 is 0.880 bits per heavy atom. The number of rotatable bonds is 5. The van der Waals surface area contributed by atoms with Crippen LogP contribution in [0.4, 0.5) is 0 Å². The molecule has 5 heteroatoms. The molecule has 0 aliphatic rings. The van der Waals surface area contributed by atoms with Crippen molar-refractivity contribution in [3.8, 4) is 11.5 Å². The minimum atomic E-state index is 0.542. The van der Waals surface area contributed by atoms with Gasteiger partial charge >= 0.3 is 0 Å². The molecule has 0 fully saturated rings. The van der Waals surface area contributed by atoms with E-state index in [0.29, 0.717) is 12.4 Å². The summed E-state index contributed by atoms with van der Waals surface area (Å²) in [4.78, 5) is 4.39. The SMILES string of the molecule is C(=C/c1nnc(-c2ccccn2)n1Cc1ccco1)/c1ccccc1. The highest BCUT2D eigenvalue weighted by atomic mass is 16.3. The summed E-state index contributed by atoms with van der Waals surface area (Å²) in [6.07, 6.45) is 7.39. The maximum Gasteiger partial charge on any atom is 0.183 e. The highest BCUT2D eigenvalue weighted by Crippen LogP contribution is 2.19. The average molecular weight is 328 g/mol. The van der Waals surface area contributed by atoms with E-state index < -0.39 is 0 Å². The number of nitrogens with zero attached hydrogens (tertiary/aromatic N) is 4. The fraction of sp³-hybridized carbons (Fsp3) is 0.0500. The molecule has 0 aliphatic heterocycles. The quantitative estimate of drug-likeness (QED) is 0.552. The van der Waals surface area contributed by atoms with E-state index in [0.717, 1.165) is 22.8 Å². The van der Waals surface area contributed by atoms with Crippen molar-refractivity contribution >= 4 is 12.2 Å². The van der Waals surface area contributed by atoms with Gasteiger partial charge in [-0.05, 0) is 35.9 Å². The van der Waals surface area contributed by atoms with Crippen LogP contribution in [0.15, 0.2) is 77.5 Å². The summed E-state index contributed by atoms with van der Waals surface area (Å²) in [5, 5.41) is 8.67. The summed E-state index contributed by atoms with van der Waals surface area (Å²) >= 11 is 0. The zero-order valence-electron chi connectivity index (χ0n) is 13.5. The summed E-state index contributed by atoms with van der Waals surface area (Å²) in [7, 11) is 0. The standard InChI is InChI=1S/C20H16N4O/c1-2-7-16(8-3-1)11-12-19-22-23-20(18-10-4-5-13-21-18)24(19)15-17-9-6-14-25-17/h1-14H,15H2/b12-11-. The highest BCUT2D eigenvalue weighted by molar-refractivity contribution is 5.67. The number of furan rings is 1. The van der Waals surface area contributed by atoms with E-state index >= 15 is 0 Å². The number of pyridine rings is 1. The minimum absolute atomic E-state index is 0.542. The van der Waals surface area contributed by atoms with Crippen LogP contribution in [0.25, 0.3) is 23.7 Å². The first-order valence-electron chi connectivity index (χ1n) is 8.00. The van der Waals surface area contributed by atoms with Crippen molar-refractivity contribution in [2.75, 3.05) is 0 Å². The molecular formula is C20H16N4O. The van der Waals surface area contributed by atoms with E-state index in [4.69, 9.17) is 4.42 Å². The molecule has 0 amide bonds. The van der Waals surface area contributed by atoms with Crippen molar-refractivity contribution in [3.63, 3.8) is 0 Å². The van der Waals surface area contributed by atoms with Crippen LogP contribution in [-0.4, -0.2) is 19.7 Å². The molecule has 0 saturated heterocycles. The second-order valence-corrected chi connectivity index (χ2v) is 5.51. The van der Waals surface area contributed by atoms with Gasteiger partial charge in [0.15, 0.2) is 11.6 Å². The molecule has 4 rings (SSSR count). The molecule has 3 aromatic heterocycles. The lowest BCUT2D eigenvalue weighted by atomic mass is 10.2. The van der Waals surface area contributed by atoms with Gasteiger partial charge in [-0.2, -0.15) is 0 Å². The monoisotopic (exact) mass is 328 g/mol. The first-order chi connectivity index (χ1) is 12.4. The molecule has 0 bridgehead atoms. The van der Waals surface area contributed by atoms with Gasteiger partial charge in [0.2, 0.25) is 0 Å². The van der Waals surface area contributed by atoms with Crippen LogP contribution < -0.4 is 0 Å². The Balaban J connectivity index is 1.73. The zero-order valence-corrected chi connectivity index (χ0v) is 13.5. The van der Waals surface area contributed by atoms with Crippen LogP contribution in [0.3, 0.4) is 0 Å².